The molecule has 5 nitrogen and oxygen atoms in total. The molecular weight excluding hydrogens is 415 g/mol. The van der Waals surface area contributed by atoms with E-state index in [9.17, 15) is 13.2 Å². The number of fused-ring (bicyclic) bond motifs is 1. The molecule has 0 saturated heterocycles. The zero-order valence-corrected chi connectivity index (χ0v) is 16.6. The number of aromatic amines is 1. The molecule has 0 aliphatic rings. The van der Waals surface area contributed by atoms with Gasteiger partial charge in [0.25, 0.3) is 0 Å². The number of rotatable bonds is 5. The number of hydrogen-bond acceptors (Lipinski definition) is 4. The average Bonchev–Trinajstić information content (AvgIpc) is 3.11. The second kappa shape index (κ2) is 7.95. The lowest BCUT2D eigenvalue weighted by molar-refractivity contribution is -0.141. The first-order valence-corrected chi connectivity index (χ1v) is 9.53. The molecule has 2 N–H and O–H groups in total. The molecule has 0 spiro atoms. The largest absolute Gasteiger partial charge is 0.433 e. The summed E-state index contributed by atoms with van der Waals surface area (Å²) in [7, 11) is 0. The number of anilines is 1. The van der Waals surface area contributed by atoms with Gasteiger partial charge in [0.15, 0.2) is 0 Å². The lowest BCUT2D eigenvalue weighted by Gasteiger charge is -2.15. The van der Waals surface area contributed by atoms with Gasteiger partial charge in [-0.05, 0) is 41.8 Å². The van der Waals surface area contributed by atoms with Crippen molar-refractivity contribution in [1.82, 2.24) is 19.9 Å². The molecule has 0 bridgehead atoms. The van der Waals surface area contributed by atoms with Crippen molar-refractivity contribution in [2.75, 3.05) is 5.32 Å². The minimum Gasteiger partial charge on any atom is -0.363 e. The number of nitrogens with zero attached hydrogens (tertiary/aromatic N) is 3. The maximum Gasteiger partial charge on any atom is 0.433 e. The SMILES string of the molecule is CC(Nc1ccc(Cc2c[nH]c3ncc(Cl)cc23)cn1)c1ccc(C(F)(F)F)nc1. The summed E-state index contributed by atoms with van der Waals surface area (Å²) in [5.41, 5.74) is 2.57. The van der Waals surface area contributed by atoms with Crippen LogP contribution in [0.1, 0.15) is 35.3 Å². The van der Waals surface area contributed by atoms with Crippen molar-refractivity contribution >= 4 is 28.5 Å². The van der Waals surface area contributed by atoms with E-state index in [1.807, 2.05) is 31.3 Å². The molecule has 0 aromatic carbocycles. The molecule has 0 radical (unpaired) electrons. The molecule has 1 atom stereocenters. The summed E-state index contributed by atoms with van der Waals surface area (Å²) in [5.74, 6) is 0.620. The van der Waals surface area contributed by atoms with Crippen molar-refractivity contribution in [3.05, 3.63) is 82.5 Å². The van der Waals surface area contributed by atoms with E-state index >= 15 is 0 Å². The van der Waals surface area contributed by atoms with Crippen LogP contribution in [0.5, 0.6) is 0 Å². The third kappa shape index (κ3) is 4.38. The Kier molecular flexibility index (Phi) is 5.34. The summed E-state index contributed by atoms with van der Waals surface area (Å²) in [6, 6.07) is 7.80. The third-order valence-corrected chi connectivity index (χ3v) is 4.95. The van der Waals surface area contributed by atoms with Crippen LogP contribution < -0.4 is 5.32 Å². The van der Waals surface area contributed by atoms with Gasteiger partial charge in [0.1, 0.15) is 17.2 Å². The van der Waals surface area contributed by atoms with Crippen LogP contribution in [0.3, 0.4) is 0 Å². The van der Waals surface area contributed by atoms with Crippen LogP contribution in [0.15, 0.2) is 55.1 Å². The van der Waals surface area contributed by atoms with Crippen molar-refractivity contribution < 1.29 is 13.2 Å². The zero-order valence-electron chi connectivity index (χ0n) is 15.8. The van der Waals surface area contributed by atoms with Gasteiger partial charge in [0.05, 0.1) is 11.1 Å². The molecule has 0 amide bonds. The smallest absolute Gasteiger partial charge is 0.363 e. The van der Waals surface area contributed by atoms with Crippen molar-refractivity contribution in [3.8, 4) is 0 Å². The van der Waals surface area contributed by atoms with Crippen LogP contribution in [-0.4, -0.2) is 19.9 Å². The summed E-state index contributed by atoms with van der Waals surface area (Å²) in [4.78, 5) is 15.3. The minimum atomic E-state index is -4.45. The molecule has 4 aromatic heterocycles. The Morgan fingerprint density at radius 3 is 2.57 bits per heavy atom. The van der Waals surface area contributed by atoms with Gasteiger partial charge in [-0.15, -0.1) is 0 Å². The van der Waals surface area contributed by atoms with E-state index in [0.717, 1.165) is 28.2 Å². The van der Waals surface area contributed by atoms with E-state index in [1.54, 1.807) is 12.4 Å². The van der Waals surface area contributed by atoms with E-state index in [0.29, 0.717) is 22.8 Å². The molecule has 30 heavy (non-hydrogen) atoms. The van der Waals surface area contributed by atoms with E-state index in [1.165, 1.54) is 12.3 Å². The Hall–Kier alpha value is -3.13. The quantitative estimate of drug-likeness (QED) is 0.420. The van der Waals surface area contributed by atoms with Crippen molar-refractivity contribution in [1.29, 1.82) is 0 Å². The molecule has 9 heteroatoms. The van der Waals surface area contributed by atoms with E-state index in [4.69, 9.17) is 11.6 Å². The second-order valence-corrected chi connectivity index (χ2v) is 7.37. The Balaban J connectivity index is 1.43. The number of pyridine rings is 3. The summed E-state index contributed by atoms with van der Waals surface area (Å²) >= 11 is 6.04. The highest BCUT2D eigenvalue weighted by Gasteiger charge is 2.32. The van der Waals surface area contributed by atoms with E-state index < -0.39 is 11.9 Å². The van der Waals surface area contributed by atoms with Gasteiger partial charge >= 0.3 is 6.18 Å². The van der Waals surface area contributed by atoms with Crippen LogP contribution >= 0.6 is 11.6 Å². The maximum absolute atomic E-state index is 12.6. The normalized spacial score (nSPS) is 12.8. The number of alkyl halides is 3. The van der Waals surface area contributed by atoms with E-state index in [-0.39, 0.29) is 6.04 Å². The second-order valence-electron chi connectivity index (χ2n) is 6.93. The molecule has 4 aromatic rings. The van der Waals surface area contributed by atoms with E-state index in [2.05, 4.69) is 25.3 Å². The standard InChI is InChI=1S/C21H17ClF3N5/c1-12(14-3-4-18(26-9-14)21(23,24)25)30-19-5-2-13(8-27-19)6-15-10-28-20-17(15)7-16(22)11-29-20/h2-5,7-12H,6H2,1H3,(H,27,30)(H,28,29). The number of nitrogens with one attached hydrogen (secondary N) is 2. The molecular formula is C21H17ClF3N5. The molecule has 4 rings (SSSR count). The van der Waals surface area contributed by atoms with Crippen LogP contribution in [-0.2, 0) is 12.6 Å². The van der Waals surface area contributed by atoms with Crippen LogP contribution in [0.2, 0.25) is 5.02 Å². The van der Waals surface area contributed by atoms with Gasteiger partial charge in [0.2, 0.25) is 0 Å². The lowest BCUT2D eigenvalue weighted by Crippen LogP contribution is -2.11. The molecule has 1 unspecified atom stereocenters. The molecule has 0 aliphatic heterocycles. The summed E-state index contributed by atoms with van der Waals surface area (Å²) in [6.45, 7) is 1.84. The molecule has 0 saturated carbocycles. The number of halogens is 4. The van der Waals surface area contributed by atoms with Gasteiger partial charge in [-0.3, -0.25) is 4.98 Å². The van der Waals surface area contributed by atoms with Crippen molar-refractivity contribution in [2.45, 2.75) is 25.6 Å². The monoisotopic (exact) mass is 431 g/mol. The van der Waals surface area contributed by atoms with Crippen LogP contribution in [0, 0.1) is 0 Å². The van der Waals surface area contributed by atoms with Gasteiger partial charge in [0, 0.05) is 36.6 Å². The first-order valence-electron chi connectivity index (χ1n) is 9.16. The van der Waals surface area contributed by atoms with Crippen LogP contribution in [0.25, 0.3) is 11.0 Å². The third-order valence-electron chi connectivity index (χ3n) is 4.74. The molecule has 4 heterocycles. The highest BCUT2D eigenvalue weighted by Crippen LogP contribution is 2.28. The predicted octanol–water partition coefficient (Wildman–Crippen LogP) is 5.79. The first-order chi connectivity index (χ1) is 14.3. The molecule has 0 fully saturated rings. The van der Waals surface area contributed by atoms with Gasteiger partial charge in [-0.25, -0.2) is 9.97 Å². The highest BCUT2D eigenvalue weighted by molar-refractivity contribution is 6.31. The lowest BCUT2D eigenvalue weighted by atomic mass is 10.1. The fraction of sp³-hybridized carbons (Fsp3) is 0.190. The minimum absolute atomic E-state index is 0.250. The average molecular weight is 432 g/mol. The first kappa shape index (κ1) is 20.2. The van der Waals surface area contributed by atoms with Gasteiger partial charge in [-0.1, -0.05) is 23.7 Å². The number of aromatic nitrogens is 4. The number of hydrogen-bond donors (Lipinski definition) is 2. The Morgan fingerprint density at radius 1 is 1.07 bits per heavy atom. The topological polar surface area (TPSA) is 66.5 Å². The van der Waals surface area contributed by atoms with Gasteiger partial charge < -0.3 is 10.3 Å². The summed E-state index contributed by atoms with van der Waals surface area (Å²) < 4.78 is 37.9. The predicted molar refractivity (Wildman–Crippen MR) is 109 cm³/mol. The molecule has 154 valence electrons. The fourth-order valence-electron chi connectivity index (χ4n) is 3.15. The highest BCUT2D eigenvalue weighted by atomic mass is 35.5. The van der Waals surface area contributed by atoms with Crippen molar-refractivity contribution in [2.24, 2.45) is 0 Å². The van der Waals surface area contributed by atoms with Crippen molar-refractivity contribution in [3.63, 3.8) is 0 Å². The number of H-pyrrole nitrogens is 1. The Labute approximate surface area is 175 Å². The Morgan fingerprint density at radius 2 is 1.90 bits per heavy atom. The maximum atomic E-state index is 12.6. The van der Waals surface area contributed by atoms with Gasteiger partial charge in [-0.2, -0.15) is 13.2 Å². The Bertz CT molecular complexity index is 1150. The fourth-order valence-corrected chi connectivity index (χ4v) is 3.31. The zero-order chi connectivity index (χ0) is 21.3. The van der Waals surface area contributed by atoms with Crippen LogP contribution in [0.4, 0.5) is 19.0 Å². The molecule has 0 aliphatic carbocycles. The summed E-state index contributed by atoms with van der Waals surface area (Å²) in [6.07, 6.45) is 2.70. The summed E-state index contributed by atoms with van der Waals surface area (Å²) in [5, 5.41) is 4.72.